The zero-order valence-corrected chi connectivity index (χ0v) is 9.79. The van der Waals surface area contributed by atoms with Crippen molar-refractivity contribution in [2.75, 3.05) is 6.54 Å². The Labute approximate surface area is 90.4 Å². The molecular weight excluding hydrogens is 196 g/mol. The largest absolute Gasteiger partial charge is 0.453 e. The molecule has 1 amide bonds. The minimum absolute atomic E-state index is 0.00364. The van der Waals surface area contributed by atoms with Crippen molar-refractivity contribution in [3.63, 3.8) is 0 Å². The highest BCUT2D eigenvalue weighted by Crippen LogP contribution is 2.06. The second-order valence-electron chi connectivity index (χ2n) is 4.52. The van der Waals surface area contributed by atoms with Crippen molar-refractivity contribution in [2.45, 2.75) is 45.8 Å². The molecule has 88 valence electrons. The van der Waals surface area contributed by atoms with Crippen LogP contribution >= 0.6 is 0 Å². The number of ether oxygens (including phenoxy) is 1. The Morgan fingerprint density at radius 1 is 1.40 bits per heavy atom. The topological polar surface area (TPSA) is 81.4 Å². The summed E-state index contributed by atoms with van der Waals surface area (Å²) in [6.45, 7) is 7.34. The maximum Gasteiger partial charge on any atom is 0.397 e. The van der Waals surface area contributed by atoms with Gasteiger partial charge in [-0.05, 0) is 34.1 Å². The fourth-order valence-corrected chi connectivity index (χ4v) is 0.810. The molecule has 0 radical (unpaired) electrons. The van der Waals surface area contributed by atoms with Crippen molar-refractivity contribution in [1.82, 2.24) is 5.32 Å². The highest BCUT2D eigenvalue weighted by atomic mass is 16.6. The number of hydrogen-bond donors (Lipinski definition) is 2. The third kappa shape index (κ3) is 7.93. The van der Waals surface area contributed by atoms with E-state index in [1.807, 2.05) is 6.92 Å². The Hall–Kier alpha value is -1.10. The first kappa shape index (κ1) is 13.9. The fraction of sp³-hybridized carbons (Fsp3) is 0.800. The number of nitrogens with two attached hydrogens (primary N) is 1. The number of hydrogen-bond acceptors (Lipinski definition) is 4. The van der Waals surface area contributed by atoms with Gasteiger partial charge in [0.05, 0.1) is 0 Å². The minimum atomic E-state index is -0.854. The van der Waals surface area contributed by atoms with E-state index in [9.17, 15) is 9.59 Å². The summed E-state index contributed by atoms with van der Waals surface area (Å²) in [6.07, 6.45) is 0.633. The van der Waals surface area contributed by atoms with Crippen molar-refractivity contribution in [3.8, 4) is 0 Å². The summed E-state index contributed by atoms with van der Waals surface area (Å²) in [5, 5.41) is 2.44. The molecule has 0 bridgehead atoms. The molecule has 0 aromatic heterocycles. The Kier molecular flexibility index (Phi) is 5.28. The first-order chi connectivity index (χ1) is 6.72. The van der Waals surface area contributed by atoms with Gasteiger partial charge in [0.25, 0.3) is 0 Å². The Morgan fingerprint density at radius 3 is 2.33 bits per heavy atom. The van der Waals surface area contributed by atoms with Crippen LogP contribution in [-0.2, 0) is 14.3 Å². The molecule has 5 nitrogen and oxygen atoms in total. The van der Waals surface area contributed by atoms with Crippen LogP contribution in [0.3, 0.4) is 0 Å². The van der Waals surface area contributed by atoms with Crippen LogP contribution in [-0.4, -0.2) is 30.1 Å². The van der Waals surface area contributed by atoms with Crippen LogP contribution < -0.4 is 11.1 Å². The van der Waals surface area contributed by atoms with Crippen LogP contribution in [0.15, 0.2) is 0 Å². The molecule has 0 rings (SSSR count). The molecule has 0 saturated carbocycles. The average molecular weight is 216 g/mol. The lowest BCUT2D eigenvalue weighted by molar-refractivity contribution is -0.163. The lowest BCUT2D eigenvalue weighted by Gasteiger charge is -2.18. The van der Waals surface area contributed by atoms with Gasteiger partial charge in [-0.2, -0.15) is 0 Å². The van der Waals surface area contributed by atoms with E-state index in [1.54, 1.807) is 20.8 Å². The molecule has 1 unspecified atom stereocenters. The van der Waals surface area contributed by atoms with Crippen LogP contribution in [0.2, 0.25) is 0 Å². The second kappa shape index (κ2) is 5.70. The van der Waals surface area contributed by atoms with E-state index >= 15 is 0 Å². The lowest BCUT2D eigenvalue weighted by Crippen LogP contribution is -2.38. The number of carbonyl (C=O) groups is 2. The van der Waals surface area contributed by atoms with Crippen LogP contribution in [0, 0.1) is 0 Å². The molecule has 0 spiro atoms. The molecule has 1 atom stereocenters. The van der Waals surface area contributed by atoms with Crippen molar-refractivity contribution in [2.24, 2.45) is 5.73 Å². The number of rotatable bonds is 3. The monoisotopic (exact) mass is 216 g/mol. The highest BCUT2D eigenvalue weighted by molar-refractivity contribution is 6.32. The van der Waals surface area contributed by atoms with Gasteiger partial charge in [0.15, 0.2) is 0 Å². The quantitative estimate of drug-likeness (QED) is 0.521. The third-order valence-electron chi connectivity index (χ3n) is 1.47. The summed E-state index contributed by atoms with van der Waals surface area (Å²) in [5.74, 6) is -1.57. The van der Waals surface area contributed by atoms with Gasteiger partial charge in [-0.25, -0.2) is 4.79 Å². The normalized spacial score (nSPS) is 13.1. The first-order valence-electron chi connectivity index (χ1n) is 4.99. The minimum Gasteiger partial charge on any atom is -0.453 e. The van der Waals surface area contributed by atoms with E-state index in [1.165, 1.54) is 0 Å². The van der Waals surface area contributed by atoms with Crippen molar-refractivity contribution < 1.29 is 14.3 Å². The van der Waals surface area contributed by atoms with E-state index in [4.69, 9.17) is 10.5 Å². The van der Waals surface area contributed by atoms with Gasteiger partial charge in [-0.15, -0.1) is 0 Å². The number of esters is 1. The van der Waals surface area contributed by atoms with Crippen molar-refractivity contribution in [3.05, 3.63) is 0 Å². The maximum absolute atomic E-state index is 11.2. The summed E-state index contributed by atoms with van der Waals surface area (Å²) in [6, 6.07) is 0.00364. The maximum atomic E-state index is 11.2. The Balaban J connectivity index is 3.86. The molecule has 0 saturated heterocycles. The number of nitrogens with one attached hydrogen (secondary N) is 1. The Bertz CT molecular complexity index is 231. The number of carbonyl (C=O) groups excluding carboxylic acids is 2. The third-order valence-corrected chi connectivity index (χ3v) is 1.47. The van der Waals surface area contributed by atoms with Crippen LogP contribution in [0.4, 0.5) is 0 Å². The molecular formula is C10H20N2O3. The van der Waals surface area contributed by atoms with Gasteiger partial charge in [-0.3, -0.25) is 4.79 Å². The molecule has 0 fully saturated rings. The fourth-order valence-electron chi connectivity index (χ4n) is 0.810. The van der Waals surface area contributed by atoms with E-state index in [0.29, 0.717) is 13.0 Å². The molecule has 0 aliphatic heterocycles. The molecule has 0 aromatic rings. The van der Waals surface area contributed by atoms with E-state index in [0.717, 1.165) is 0 Å². The molecule has 0 aliphatic rings. The molecule has 3 N–H and O–H groups in total. The summed E-state index contributed by atoms with van der Waals surface area (Å²) in [4.78, 5) is 22.3. The SMILES string of the molecule is CC(N)CCNC(=O)C(=O)OC(C)(C)C. The predicted molar refractivity (Wildman–Crippen MR) is 57.1 cm³/mol. The zero-order valence-electron chi connectivity index (χ0n) is 9.79. The highest BCUT2D eigenvalue weighted by Gasteiger charge is 2.22. The smallest absolute Gasteiger partial charge is 0.397 e. The zero-order chi connectivity index (χ0) is 12.1. The molecule has 0 heterocycles. The molecule has 0 aromatic carbocycles. The summed E-state index contributed by atoms with van der Waals surface area (Å²) in [7, 11) is 0. The predicted octanol–water partition coefficient (Wildman–Crippen LogP) is 0.182. The van der Waals surface area contributed by atoms with Crippen LogP contribution in [0.1, 0.15) is 34.1 Å². The Morgan fingerprint density at radius 2 is 1.93 bits per heavy atom. The van der Waals surface area contributed by atoms with Gasteiger partial charge >= 0.3 is 11.9 Å². The standard InChI is InChI=1S/C10H20N2O3/c1-7(11)5-6-12-8(13)9(14)15-10(2,3)4/h7H,5-6,11H2,1-4H3,(H,12,13). The van der Waals surface area contributed by atoms with Crippen molar-refractivity contribution in [1.29, 1.82) is 0 Å². The van der Waals surface area contributed by atoms with Gasteiger partial charge < -0.3 is 15.8 Å². The summed E-state index contributed by atoms with van der Waals surface area (Å²) in [5.41, 5.74) is 4.85. The van der Waals surface area contributed by atoms with Gasteiger partial charge in [-0.1, -0.05) is 0 Å². The average Bonchev–Trinajstić information content (AvgIpc) is 1.99. The van der Waals surface area contributed by atoms with Crippen LogP contribution in [0.5, 0.6) is 0 Å². The second-order valence-corrected chi connectivity index (χ2v) is 4.52. The first-order valence-corrected chi connectivity index (χ1v) is 4.99. The lowest BCUT2D eigenvalue weighted by atomic mass is 10.2. The summed E-state index contributed by atoms with van der Waals surface area (Å²) >= 11 is 0. The van der Waals surface area contributed by atoms with E-state index in [2.05, 4.69) is 5.32 Å². The van der Waals surface area contributed by atoms with E-state index < -0.39 is 17.5 Å². The molecule has 5 heteroatoms. The van der Waals surface area contributed by atoms with Gasteiger partial charge in [0, 0.05) is 12.6 Å². The van der Waals surface area contributed by atoms with Crippen LogP contribution in [0.25, 0.3) is 0 Å². The number of amides is 1. The molecule has 15 heavy (non-hydrogen) atoms. The molecule has 0 aliphatic carbocycles. The van der Waals surface area contributed by atoms with Gasteiger partial charge in [0.2, 0.25) is 0 Å². The van der Waals surface area contributed by atoms with Gasteiger partial charge in [0.1, 0.15) is 5.60 Å². The van der Waals surface area contributed by atoms with E-state index in [-0.39, 0.29) is 6.04 Å². The van der Waals surface area contributed by atoms with Crippen molar-refractivity contribution >= 4 is 11.9 Å². The summed E-state index contributed by atoms with van der Waals surface area (Å²) < 4.78 is 4.87.